The van der Waals surface area contributed by atoms with E-state index in [0.717, 1.165) is 42.2 Å². The molecule has 0 radical (unpaired) electrons. The van der Waals surface area contributed by atoms with Crippen molar-refractivity contribution in [3.8, 4) is 11.4 Å². The molecule has 1 unspecified atom stereocenters. The first-order valence-corrected chi connectivity index (χ1v) is 11.4. The van der Waals surface area contributed by atoms with Crippen LogP contribution in [-0.4, -0.2) is 81.1 Å². The molecule has 1 aliphatic heterocycles. The molecule has 3 N–H and O–H groups in total. The highest BCUT2D eigenvalue weighted by atomic mass is 16.5. The van der Waals surface area contributed by atoms with E-state index in [1.165, 1.54) is 10.9 Å². The van der Waals surface area contributed by atoms with Crippen LogP contribution in [0, 0.1) is 0 Å². The van der Waals surface area contributed by atoms with Gasteiger partial charge in [0, 0.05) is 37.6 Å². The number of nitrogens with zero attached hydrogens (tertiary/aromatic N) is 5. The van der Waals surface area contributed by atoms with Gasteiger partial charge in [0.2, 0.25) is 0 Å². The molecule has 1 aliphatic rings. The molecule has 4 rings (SSSR count). The lowest BCUT2D eigenvalue weighted by Crippen LogP contribution is -2.46. The van der Waals surface area contributed by atoms with E-state index in [2.05, 4.69) is 14.9 Å². The van der Waals surface area contributed by atoms with E-state index in [0.29, 0.717) is 11.4 Å². The van der Waals surface area contributed by atoms with Crippen LogP contribution in [0.5, 0.6) is 5.75 Å². The second kappa shape index (κ2) is 11.1. The lowest BCUT2D eigenvalue weighted by Gasteiger charge is -2.37. The number of benzene rings is 2. The van der Waals surface area contributed by atoms with E-state index in [1.807, 2.05) is 48.5 Å². The summed E-state index contributed by atoms with van der Waals surface area (Å²) in [6, 6.07) is 15.3. The summed E-state index contributed by atoms with van der Waals surface area (Å²) in [6.45, 7) is 3.13. The maximum atomic E-state index is 12.5. The van der Waals surface area contributed by atoms with Gasteiger partial charge in [0.15, 0.2) is 0 Å². The number of carboxylic acid groups (broad SMARTS) is 1. The standard InChI is InChI=1S/C24H29N5O6/c30-15-21(31)16-35-22-7-5-19(6-8-22)27-13-11-26(12-14-27)18-1-3-20(4-2-18)28-17-25-29(24(28)34)10-9-23(32)33/h1-8,17,21,30-31H,9-16H2,(H,32,33). The average Bonchev–Trinajstić information content (AvgIpc) is 3.26. The number of carboxylic acids is 1. The van der Waals surface area contributed by atoms with Gasteiger partial charge in [-0.15, -0.1) is 0 Å². The summed E-state index contributed by atoms with van der Waals surface area (Å²) in [4.78, 5) is 27.8. The number of aliphatic carboxylic acids is 1. The second-order valence-corrected chi connectivity index (χ2v) is 8.28. The third-order valence-corrected chi connectivity index (χ3v) is 5.90. The fourth-order valence-corrected chi connectivity index (χ4v) is 3.91. The van der Waals surface area contributed by atoms with Crippen LogP contribution in [-0.2, 0) is 11.3 Å². The highest BCUT2D eigenvalue weighted by molar-refractivity contribution is 5.66. The molecule has 35 heavy (non-hydrogen) atoms. The van der Waals surface area contributed by atoms with Crippen molar-refractivity contribution < 1.29 is 24.9 Å². The first kappa shape index (κ1) is 24.3. The molecule has 2 heterocycles. The Hall–Kier alpha value is -3.83. The molecule has 0 aliphatic carbocycles. The zero-order valence-electron chi connectivity index (χ0n) is 19.2. The van der Waals surface area contributed by atoms with Crippen molar-refractivity contribution in [3.63, 3.8) is 0 Å². The Bertz CT molecular complexity index is 1170. The number of ether oxygens (including phenoxy) is 1. The van der Waals surface area contributed by atoms with Crippen LogP contribution in [0.15, 0.2) is 59.7 Å². The van der Waals surface area contributed by atoms with Gasteiger partial charge in [0.1, 0.15) is 24.8 Å². The van der Waals surface area contributed by atoms with E-state index in [1.54, 1.807) is 0 Å². The highest BCUT2D eigenvalue weighted by Crippen LogP contribution is 2.23. The van der Waals surface area contributed by atoms with E-state index in [-0.39, 0.29) is 31.9 Å². The van der Waals surface area contributed by atoms with Crippen LogP contribution in [0.2, 0.25) is 0 Å². The smallest absolute Gasteiger partial charge is 0.350 e. The third-order valence-electron chi connectivity index (χ3n) is 5.90. The molecule has 11 nitrogen and oxygen atoms in total. The molecule has 0 saturated carbocycles. The number of hydrogen-bond acceptors (Lipinski definition) is 8. The number of aliphatic hydroxyl groups excluding tert-OH is 2. The molecule has 11 heteroatoms. The number of hydrogen-bond donors (Lipinski definition) is 3. The molecular weight excluding hydrogens is 454 g/mol. The Balaban J connectivity index is 1.32. The minimum atomic E-state index is -0.975. The predicted molar refractivity (Wildman–Crippen MR) is 130 cm³/mol. The van der Waals surface area contributed by atoms with Gasteiger partial charge < -0.3 is 29.9 Å². The van der Waals surface area contributed by atoms with Gasteiger partial charge in [0.05, 0.1) is 25.3 Å². The van der Waals surface area contributed by atoms with Crippen LogP contribution in [0.25, 0.3) is 5.69 Å². The molecule has 0 amide bonds. The average molecular weight is 484 g/mol. The number of anilines is 2. The van der Waals surface area contributed by atoms with Crippen molar-refractivity contribution in [1.29, 1.82) is 0 Å². The normalized spacial score (nSPS) is 14.7. The minimum absolute atomic E-state index is 0.0338. The van der Waals surface area contributed by atoms with Gasteiger partial charge in [-0.2, -0.15) is 5.10 Å². The lowest BCUT2D eigenvalue weighted by molar-refractivity contribution is -0.137. The van der Waals surface area contributed by atoms with Crippen molar-refractivity contribution in [2.24, 2.45) is 0 Å². The summed E-state index contributed by atoms with van der Waals surface area (Å²) < 4.78 is 8.02. The summed E-state index contributed by atoms with van der Waals surface area (Å²) in [5, 5.41) is 31.1. The Morgan fingerprint density at radius 3 is 2.03 bits per heavy atom. The van der Waals surface area contributed by atoms with Gasteiger partial charge in [0.25, 0.3) is 0 Å². The predicted octanol–water partition coefficient (Wildman–Crippen LogP) is 0.567. The van der Waals surface area contributed by atoms with E-state index in [4.69, 9.17) is 14.9 Å². The Kier molecular flexibility index (Phi) is 7.68. The first-order chi connectivity index (χ1) is 16.9. The summed E-state index contributed by atoms with van der Waals surface area (Å²) in [7, 11) is 0. The maximum absolute atomic E-state index is 12.5. The lowest BCUT2D eigenvalue weighted by atomic mass is 10.2. The summed E-state index contributed by atoms with van der Waals surface area (Å²) >= 11 is 0. The molecule has 0 bridgehead atoms. The van der Waals surface area contributed by atoms with Gasteiger partial charge in [-0.1, -0.05) is 0 Å². The Morgan fingerprint density at radius 1 is 0.943 bits per heavy atom. The molecule has 3 aromatic rings. The summed E-state index contributed by atoms with van der Waals surface area (Å²) in [5.74, 6) is -0.330. The van der Waals surface area contributed by atoms with Crippen LogP contribution >= 0.6 is 0 Å². The molecule has 0 spiro atoms. The fraction of sp³-hybridized carbons (Fsp3) is 0.375. The first-order valence-electron chi connectivity index (χ1n) is 11.4. The third kappa shape index (κ3) is 6.00. The highest BCUT2D eigenvalue weighted by Gasteiger charge is 2.18. The van der Waals surface area contributed by atoms with Crippen LogP contribution in [0.3, 0.4) is 0 Å². The number of carbonyl (C=O) groups is 1. The summed E-state index contributed by atoms with van der Waals surface area (Å²) in [5.41, 5.74) is 2.46. The molecule has 1 aromatic heterocycles. The fourth-order valence-electron chi connectivity index (χ4n) is 3.91. The number of aryl methyl sites for hydroxylation is 1. The van der Waals surface area contributed by atoms with E-state index >= 15 is 0 Å². The Labute approximate surface area is 202 Å². The number of aromatic nitrogens is 3. The second-order valence-electron chi connectivity index (χ2n) is 8.28. The molecule has 186 valence electrons. The van der Waals surface area contributed by atoms with Crippen LogP contribution < -0.4 is 20.2 Å². The Morgan fingerprint density at radius 2 is 1.49 bits per heavy atom. The largest absolute Gasteiger partial charge is 0.491 e. The van der Waals surface area contributed by atoms with Crippen molar-refractivity contribution >= 4 is 17.3 Å². The quantitative estimate of drug-likeness (QED) is 0.378. The number of rotatable bonds is 10. The van der Waals surface area contributed by atoms with E-state index in [9.17, 15) is 14.7 Å². The molecule has 1 fully saturated rings. The van der Waals surface area contributed by atoms with Crippen molar-refractivity contribution in [3.05, 3.63) is 65.3 Å². The van der Waals surface area contributed by atoms with Crippen molar-refractivity contribution in [1.82, 2.24) is 14.3 Å². The van der Waals surface area contributed by atoms with Crippen LogP contribution in [0.4, 0.5) is 11.4 Å². The summed E-state index contributed by atoms with van der Waals surface area (Å²) in [6.07, 6.45) is 0.358. The van der Waals surface area contributed by atoms with Crippen molar-refractivity contribution in [2.45, 2.75) is 19.1 Å². The zero-order chi connectivity index (χ0) is 24.8. The molecule has 2 aromatic carbocycles. The van der Waals surface area contributed by atoms with Gasteiger partial charge in [-0.3, -0.25) is 4.79 Å². The molecule has 1 atom stereocenters. The monoisotopic (exact) mass is 483 g/mol. The molecular formula is C24H29N5O6. The zero-order valence-corrected chi connectivity index (χ0v) is 19.2. The molecule has 1 saturated heterocycles. The topological polar surface area (TPSA) is 133 Å². The van der Waals surface area contributed by atoms with E-state index < -0.39 is 12.1 Å². The minimum Gasteiger partial charge on any atom is -0.491 e. The van der Waals surface area contributed by atoms with Crippen molar-refractivity contribution in [2.75, 3.05) is 49.2 Å². The number of aliphatic hydroxyl groups is 2. The van der Waals surface area contributed by atoms with Gasteiger partial charge >= 0.3 is 11.7 Å². The van der Waals surface area contributed by atoms with Gasteiger partial charge in [-0.25, -0.2) is 14.0 Å². The maximum Gasteiger partial charge on any atom is 0.350 e. The SMILES string of the molecule is O=C(O)CCn1ncn(-c2ccc(N3CCN(c4ccc(OCC(O)CO)cc4)CC3)cc2)c1=O. The van der Waals surface area contributed by atoms with Gasteiger partial charge in [-0.05, 0) is 48.5 Å². The van der Waals surface area contributed by atoms with Crippen LogP contribution in [0.1, 0.15) is 6.42 Å². The number of piperazine rings is 1.